The van der Waals surface area contributed by atoms with Crippen molar-refractivity contribution in [1.82, 2.24) is 5.32 Å². The lowest BCUT2D eigenvalue weighted by Crippen LogP contribution is -2.45. The second-order valence-electron chi connectivity index (χ2n) is 7.80. The van der Waals surface area contributed by atoms with Gasteiger partial charge in [0.2, 0.25) is 5.91 Å². The van der Waals surface area contributed by atoms with E-state index in [0.717, 1.165) is 35.2 Å². The second-order valence-corrected chi connectivity index (χ2v) is 7.80. The van der Waals surface area contributed by atoms with Gasteiger partial charge in [0.25, 0.3) is 5.91 Å². The Balaban J connectivity index is 1.58. The lowest BCUT2D eigenvalue weighted by Gasteiger charge is -2.32. The van der Waals surface area contributed by atoms with Gasteiger partial charge in [-0.05, 0) is 42.5 Å². The van der Waals surface area contributed by atoms with Gasteiger partial charge in [-0.1, -0.05) is 78.4 Å². The fourth-order valence-corrected chi connectivity index (χ4v) is 3.95. The summed E-state index contributed by atoms with van der Waals surface area (Å²) < 4.78 is 0. The largest absolute Gasteiger partial charge is 0.340 e. The number of para-hydroxylation sites is 1. The van der Waals surface area contributed by atoms with Gasteiger partial charge in [-0.25, -0.2) is 0 Å². The third-order valence-corrected chi connectivity index (χ3v) is 5.55. The molecule has 4 heteroatoms. The highest BCUT2D eigenvalue weighted by Crippen LogP contribution is 2.29. The van der Waals surface area contributed by atoms with E-state index < -0.39 is 6.04 Å². The van der Waals surface area contributed by atoms with Gasteiger partial charge in [0.15, 0.2) is 0 Å². The molecule has 0 radical (unpaired) electrons. The van der Waals surface area contributed by atoms with Gasteiger partial charge in [-0.2, -0.15) is 0 Å². The molecule has 0 aliphatic carbocycles. The van der Waals surface area contributed by atoms with E-state index >= 15 is 0 Å². The number of nitrogens with one attached hydrogen (secondary N) is 1. The van der Waals surface area contributed by atoms with Gasteiger partial charge in [-0.3, -0.25) is 9.59 Å². The molecule has 0 spiro atoms. The fourth-order valence-electron chi connectivity index (χ4n) is 3.95. The molecular formula is C26H26N2O2. The Morgan fingerprint density at radius 1 is 0.933 bits per heavy atom. The first-order valence-corrected chi connectivity index (χ1v) is 10.4. The number of anilines is 1. The van der Waals surface area contributed by atoms with Gasteiger partial charge in [0.1, 0.15) is 6.04 Å². The average Bonchev–Trinajstić information content (AvgIpc) is 2.79. The molecular weight excluding hydrogens is 372 g/mol. The Kier molecular flexibility index (Phi) is 5.94. The maximum Gasteiger partial charge on any atom is 0.254 e. The van der Waals surface area contributed by atoms with Gasteiger partial charge < -0.3 is 10.2 Å². The molecule has 1 aliphatic rings. The van der Waals surface area contributed by atoms with Crippen LogP contribution in [0.3, 0.4) is 0 Å². The number of carbonyl (C=O) groups is 2. The van der Waals surface area contributed by atoms with Crippen LogP contribution in [0, 0.1) is 6.92 Å². The van der Waals surface area contributed by atoms with E-state index in [0.29, 0.717) is 6.54 Å². The number of rotatable bonds is 5. The molecule has 3 aromatic carbocycles. The number of aryl methyl sites for hydroxylation is 2. The maximum absolute atomic E-state index is 13.6. The quantitative estimate of drug-likeness (QED) is 0.694. The molecule has 0 fully saturated rings. The van der Waals surface area contributed by atoms with E-state index in [9.17, 15) is 9.59 Å². The van der Waals surface area contributed by atoms with Crippen molar-refractivity contribution in [2.75, 3.05) is 11.4 Å². The van der Waals surface area contributed by atoms with E-state index in [4.69, 9.17) is 0 Å². The van der Waals surface area contributed by atoms with Gasteiger partial charge in [0.05, 0.1) is 6.42 Å². The molecule has 30 heavy (non-hydrogen) atoms. The number of hydrogen-bond donors (Lipinski definition) is 1. The van der Waals surface area contributed by atoms with Crippen molar-refractivity contribution in [2.45, 2.75) is 32.2 Å². The predicted molar refractivity (Wildman–Crippen MR) is 119 cm³/mol. The molecule has 2 amide bonds. The topological polar surface area (TPSA) is 49.4 Å². The van der Waals surface area contributed by atoms with Crippen molar-refractivity contribution in [3.05, 3.63) is 101 Å². The number of hydrogen-bond acceptors (Lipinski definition) is 2. The summed E-state index contributed by atoms with van der Waals surface area (Å²) in [6.45, 7) is 2.68. The minimum atomic E-state index is -0.713. The predicted octanol–water partition coefficient (Wildman–Crippen LogP) is 4.37. The minimum Gasteiger partial charge on any atom is -0.340 e. The summed E-state index contributed by atoms with van der Waals surface area (Å²) in [6.07, 6.45) is 2.13. The van der Waals surface area contributed by atoms with Crippen LogP contribution in [-0.2, 0) is 22.4 Å². The summed E-state index contributed by atoms with van der Waals surface area (Å²) in [5, 5.41) is 2.99. The van der Waals surface area contributed by atoms with Gasteiger partial charge in [0, 0.05) is 12.2 Å². The molecule has 1 N–H and O–H groups in total. The van der Waals surface area contributed by atoms with Crippen molar-refractivity contribution in [2.24, 2.45) is 0 Å². The first kappa shape index (κ1) is 19.9. The number of carbonyl (C=O) groups excluding carboxylic acids is 2. The molecule has 0 saturated carbocycles. The Bertz CT molecular complexity index is 1030. The fraction of sp³-hybridized carbons (Fsp3) is 0.231. The average molecular weight is 399 g/mol. The summed E-state index contributed by atoms with van der Waals surface area (Å²) in [5.74, 6) is -0.253. The zero-order chi connectivity index (χ0) is 20.9. The van der Waals surface area contributed by atoms with Crippen molar-refractivity contribution in [3.8, 4) is 0 Å². The van der Waals surface area contributed by atoms with Crippen LogP contribution < -0.4 is 10.2 Å². The maximum atomic E-state index is 13.6. The van der Waals surface area contributed by atoms with E-state index in [1.165, 1.54) is 5.56 Å². The molecule has 1 heterocycles. The standard InChI is InChI=1S/C26H26N2O2/c1-19-13-15-20(16-14-19)18-24(29)27-25(22-9-3-2-4-10-22)26(30)28-17-7-11-21-8-5-6-12-23(21)28/h2-6,8-10,12-16,25H,7,11,17-18H2,1H3,(H,27,29). The number of nitrogens with zero attached hydrogens (tertiary/aromatic N) is 1. The zero-order valence-electron chi connectivity index (χ0n) is 17.2. The number of fused-ring (bicyclic) bond motifs is 1. The summed E-state index contributed by atoms with van der Waals surface area (Å²) in [7, 11) is 0. The van der Waals surface area contributed by atoms with E-state index in [1.807, 2.05) is 84.6 Å². The first-order chi connectivity index (χ1) is 14.6. The summed E-state index contributed by atoms with van der Waals surface area (Å²) in [5.41, 5.74) is 5.00. The Hall–Kier alpha value is -3.40. The van der Waals surface area contributed by atoms with Gasteiger partial charge in [-0.15, -0.1) is 0 Å². The van der Waals surface area contributed by atoms with Crippen LogP contribution in [0.2, 0.25) is 0 Å². The normalized spacial score (nSPS) is 14.0. The number of benzene rings is 3. The van der Waals surface area contributed by atoms with Crippen LogP contribution in [0.1, 0.15) is 34.7 Å². The highest BCUT2D eigenvalue weighted by Gasteiger charge is 2.30. The molecule has 1 atom stereocenters. The third kappa shape index (κ3) is 4.43. The third-order valence-electron chi connectivity index (χ3n) is 5.55. The molecule has 3 aromatic rings. The monoisotopic (exact) mass is 398 g/mol. The van der Waals surface area contributed by atoms with E-state index in [1.54, 1.807) is 0 Å². The first-order valence-electron chi connectivity index (χ1n) is 10.4. The van der Waals surface area contributed by atoms with Gasteiger partial charge >= 0.3 is 0 Å². The molecule has 1 unspecified atom stereocenters. The zero-order valence-corrected chi connectivity index (χ0v) is 17.2. The molecule has 4 nitrogen and oxygen atoms in total. The Morgan fingerprint density at radius 2 is 1.63 bits per heavy atom. The van der Waals surface area contributed by atoms with Crippen molar-refractivity contribution in [1.29, 1.82) is 0 Å². The van der Waals surface area contributed by atoms with Crippen LogP contribution in [0.25, 0.3) is 0 Å². The highest BCUT2D eigenvalue weighted by atomic mass is 16.2. The molecule has 1 aliphatic heterocycles. The van der Waals surface area contributed by atoms with Crippen LogP contribution in [-0.4, -0.2) is 18.4 Å². The molecule has 0 aromatic heterocycles. The lowest BCUT2D eigenvalue weighted by atomic mass is 9.99. The summed E-state index contributed by atoms with van der Waals surface area (Å²) >= 11 is 0. The van der Waals surface area contributed by atoms with Crippen LogP contribution >= 0.6 is 0 Å². The van der Waals surface area contributed by atoms with E-state index in [-0.39, 0.29) is 18.2 Å². The minimum absolute atomic E-state index is 0.0920. The Labute approximate surface area is 177 Å². The van der Waals surface area contributed by atoms with E-state index in [2.05, 4.69) is 11.4 Å². The SMILES string of the molecule is Cc1ccc(CC(=O)NC(C(=O)N2CCCc3ccccc32)c2ccccc2)cc1. The highest BCUT2D eigenvalue weighted by molar-refractivity contribution is 6.00. The van der Waals surface area contributed by atoms with Crippen LogP contribution in [0.15, 0.2) is 78.9 Å². The smallest absolute Gasteiger partial charge is 0.254 e. The number of amides is 2. The molecule has 4 rings (SSSR count). The van der Waals surface area contributed by atoms with Crippen LogP contribution in [0.5, 0.6) is 0 Å². The molecule has 0 bridgehead atoms. The van der Waals surface area contributed by atoms with Crippen LogP contribution in [0.4, 0.5) is 5.69 Å². The Morgan fingerprint density at radius 3 is 2.40 bits per heavy atom. The van der Waals surface area contributed by atoms with Crippen molar-refractivity contribution >= 4 is 17.5 Å². The second kappa shape index (κ2) is 8.95. The van der Waals surface area contributed by atoms with Crippen molar-refractivity contribution in [3.63, 3.8) is 0 Å². The lowest BCUT2D eigenvalue weighted by molar-refractivity contribution is -0.127. The summed E-state index contributed by atoms with van der Waals surface area (Å²) in [6, 6.07) is 24.7. The summed E-state index contributed by atoms with van der Waals surface area (Å²) in [4.78, 5) is 28.3. The molecule has 0 saturated heterocycles. The van der Waals surface area contributed by atoms with Crippen molar-refractivity contribution < 1.29 is 9.59 Å². The molecule has 152 valence electrons.